The molecule has 1 aromatic carbocycles. The van der Waals surface area contributed by atoms with Gasteiger partial charge in [0.15, 0.2) is 0 Å². The highest BCUT2D eigenvalue weighted by Gasteiger charge is 2.02. The largest absolute Gasteiger partial charge is 0.414 e. The number of benzene rings is 1. The molecule has 1 aromatic heterocycles. The first-order valence-electron chi connectivity index (χ1n) is 4.99. The molecule has 15 heavy (non-hydrogen) atoms. The van der Waals surface area contributed by atoms with Crippen LogP contribution in [-0.2, 0) is 0 Å². The van der Waals surface area contributed by atoms with Crippen LogP contribution in [0, 0.1) is 11.3 Å². The molecule has 0 fully saturated rings. The van der Waals surface area contributed by atoms with Gasteiger partial charge in [-0.25, -0.2) is 0 Å². The molecule has 0 saturated carbocycles. The second-order valence-corrected chi connectivity index (χ2v) is 3.36. The molecule has 0 aliphatic rings. The quantitative estimate of drug-likeness (QED) is 0.762. The van der Waals surface area contributed by atoms with Crippen molar-refractivity contribution in [3.8, 4) is 6.07 Å². The van der Waals surface area contributed by atoms with Gasteiger partial charge >= 0.3 is 0 Å². The summed E-state index contributed by atoms with van der Waals surface area (Å²) in [5.74, 6) is 0. The normalized spacial score (nSPS) is 10.1. The second-order valence-electron chi connectivity index (χ2n) is 3.36. The van der Waals surface area contributed by atoms with Crippen molar-refractivity contribution in [1.82, 2.24) is 4.73 Å². The number of hydrogen-bond donors (Lipinski definition) is 0. The van der Waals surface area contributed by atoms with E-state index in [2.05, 4.69) is 13.0 Å². The summed E-state index contributed by atoms with van der Waals surface area (Å²) in [6.07, 6.45) is 2.85. The predicted molar refractivity (Wildman–Crippen MR) is 58.4 cm³/mol. The molecular weight excluding hydrogens is 188 g/mol. The number of aromatic nitrogens is 1. The summed E-state index contributed by atoms with van der Waals surface area (Å²) >= 11 is 0. The second kappa shape index (κ2) is 4.05. The first kappa shape index (κ1) is 9.60. The molecule has 0 N–H and O–H groups in total. The van der Waals surface area contributed by atoms with Crippen molar-refractivity contribution < 1.29 is 4.84 Å². The van der Waals surface area contributed by atoms with Gasteiger partial charge in [0, 0.05) is 11.6 Å². The van der Waals surface area contributed by atoms with Gasteiger partial charge in [0.25, 0.3) is 0 Å². The monoisotopic (exact) mass is 200 g/mol. The minimum Gasteiger partial charge on any atom is -0.414 e. The standard InChI is InChI=1S/C12H12N2O/c1-2-7-15-14-6-5-11-4-3-10(9-13)8-12(11)14/h3-6,8H,2,7H2,1H3. The Labute approximate surface area is 88.5 Å². The van der Waals surface area contributed by atoms with Gasteiger partial charge in [-0.3, -0.25) is 0 Å². The highest BCUT2D eigenvalue weighted by atomic mass is 16.7. The van der Waals surface area contributed by atoms with Crippen molar-refractivity contribution in [2.75, 3.05) is 6.61 Å². The number of hydrogen-bond acceptors (Lipinski definition) is 2. The Morgan fingerprint density at radius 3 is 3.00 bits per heavy atom. The molecule has 0 aliphatic heterocycles. The van der Waals surface area contributed by atoms with Crippen LogP contribution in [0.25, 0.3) is 10.9 Å². The molecule has 0 spiro atoms. The summed E-state index contributed by atoms with van der Waals surface area (Å²) in [4.78, 5) is 5.52. The van der Waals surface area contributed by atoms with E-state index in [0.717, 1.165) is 17.3 Å². The van der Waals surface area contributed by atoms with Gasteiger partial charge in [0.1, 0.15) is 6.61 Å². The van der Waals surface area contributed by atoms with E-state index in [1.807, 2.05) is 30.5 Å². The first-order chi connectivity index (χ1) is 7.35. The van der Waals surface area contributed by atoms with Crippen LogP contribution in [-0.4, -0.2) is 11.3 Å². The summed E-state index contributed by atoms with van der Waals surface area (Å²) in [5.41, 5.74) is 1.60. The first-order valence-corrected chi connectivity index (χ1v) is 4.99. The summed E-state index contributed by atoms with van der Waals surface area (Å²) in [6.45, 7) is 2.74. The molecule has 3 nitrogen and oxygen atoms in total. The molecule has 0 aliphatic carbocycles. The molecule has 0 saturated heterocycles. The maximum atomic E-state index is 8.80. The molecule has 76 valence electrons. The average Bonchev–Trinajstić information content (AvgIpc) is 2.68. The van der Waals surface area contributed by atoms with Crippen LogP contribution in [0.5, 0.6) is 0 Å². The molecule has 0 amide bonds. The highest BCUT2D eigenvalue weighted by molar-refractivity contribution is 5.81. The van der Waals surface area contributed by atoms with E-state index < -0.39 is 0 Å². The van der Waals surface area contributed by atoms with Gasteiger partial charge in [-0.2, -0.15) is 9.99 Å². The van der Waals surface area contributed by atoms with Crippen LogP contribution in [0.15, 0.2) is 30.5 Å². The Bertz CT molecular complexity index is 508. The van der Waals surface area contributed by atoms with E-state index in [9.17, 15) is 0 Å². The Morgan fingerprint density at radius 2 is 2.27 bits per heavy atom. The van der Waals surface area contributed by atoms with Crippen molar-refractivity contribution in [3.63, 3.8) is 0 Å². The zero-order chi connectivity index (χ0) is 10.7. The van der Waals surface area contributed by atoms with E-state index in [4.69, 9.17) is 10.1 Å². The highest BCUT2D eigenvalue weighted by Crippen LogP contribution is 2.16. The fourth-order valence-corrected chi connectivity index (χ4v) is 1.48. The fraction of sp³-hybridized carbons (Fsp3) is 0.250. The summed E-state index contributed by atoms with van der Waals surface area (Å²) in [6, 6.07) is 9.68. The third-order valence-electron chi connectivity index (χ3n) is 2.22. The molecule has 3 heteroatoms. The number of fused-ring (bicyclic) bond motifs is 1. The van der Waals surface area contributed by atoms with Crippen molar-refractivity contribution >= 4 is 10.9 Å². The van der Waals surface area contributed by atoms with Crippen molar-refractivity contribution in [1.29, 1.82) is 5.26 Å². The van der Waals surface area contributed by atoms with Crippen LogP contribution in [0.4, 0.5) is 0 Å². The zero-order valence-corrected chi connectivity index (χ0v) is 8.60. The van der Waals surface area contributed by atoms with E-state index in [1.165, 1.54) is 0 Å². The molecule has 1 heterocycles. The molecule has 2 rings (SSSR count). The fourth-order valence-electron chi connectivity index (χ4n) is 1.48. The summed E-state index contributed by atoms with van der Waals surface area (Å²) in [5, 5.41) is 9.89. The van der Waals surface area contributed by atoms with Crippen LogP contribution < -0.4 is 4.84 Å². The van der Waals surface area contributed by atoms with Gasteiger partial charge < -0.3 is 4.84 Å². The lowest BCUT2D eigenvalue weighted by Crippen LogP contribution is -2.10. The van der Waals surface area contributed by atoms with E-state index in [1.54, 1.807) is 4.73 Å². The van der Waals surface area contributed by atoms with Crippen LogP contribution >= 0.6 is 0 Å². The molecule has 0 bridgehead atoms. The lowest BCUT2D eigenvalue weighted by atomic mass is 10.2. The minimum atomic E-state index is 0.655. The summed E-state index contributed by atoms with van der Waals surface area (Å²) in [7, 11) is 0. The Balaban J connectivity index is 2.43. The van der Waals surface area contributed by atoms with Gasteiger partial charge in [0.05, 0.1) is 17.1 Å². The van der Waals surface area contributed by atoms with Gasteiger partial charge in [-0.05, 0) is 24.6 Å². The number of nitriles is 1. The number of rotatable bonds is 3. The molecule has 0 atom stereocenters. The molecular formula is C12H12N2O. The zero-order valence-electron chi connectivity index (χ0n) is 8.60. The van der Waals surface area contributed by atoms with E-state index in [0.29, 0.717) is 12.2 Å². The smallest absolute Gasteiger partial charge is 0.114 e. The summed E-state index contributed by atoms with van der Waals surface area (Å²) < 4.78 is 1.72. The van der Waals surface area contributed by atoms with Gasteiger partial charge in [-0.15, -0.1) is 0 Å². The van der Waals surface area contributed by atoms with Crippen LogP contribution in [0.2, 0.25) is 0 Å². The van der Waals surface area contributed by atoms with Crippen molar-refractivity contribution in [2.24, 2.45) is 0 Å². The minimum absolute atomic E-state index is 0.655. The van der Waals surface area contributed by atoms with Crippen molar-refractivity contribution in [2.45, 2.75) is 13.3 Å². The Hall–Kier alpha value is -1.95. The van der Waals surface area contributed by atoms with Gasteiger partial charge in [0.2, 0.25) is 0 Å². The van der Waals surface area contributed by atoms with Gasteiger partial charge in [-0.1, -0.05) is 13.0 Å². The third kappa shape index (κ3) is 1.79. The topological polar surface area (TPSA) is 38.0 Å². The lowest BCUT2D eigenvalue weighted by molar-refractivity contribution is 0.121. The molecule has 0 radical (unpaired) electrons. The van der Waals surface area contributed by atoms with Crippen molar-refractivity contribution in [3.05, 3.63) is 36.0 Å². The van der Waals surface area contributed by atoms with Crippen LogP contribution in [0.3, 0.4) is 0 Å². The SMILES string of the molecule is CCCOn1ccc2ccc(C#N)cc21. The lowest BCUT2D eigenvalue weighted by Gasteiger charge is -2.06. The third-order valence-corrected chi connectivity index (χ3v) is 2.22. The maximum Gasteiger partial charge on any atom is 0.114 e. The Morgan fingerprint density at radius 1 is 1.40 bits per heavy atom. The van der Waals surface area contributed by atoms with E-state index >= 15 is 0 Å². The Kier molecular flexibility index (Phi) is 2.59. The van der Waals surface area contributed by atoms with Crippen LogP contribution in [0.1, 0.15) is 18.9 Å². The average molecular weight is 200 g/mol. The number of nitrogens with zero attached hydrogens (tertiary/aromatic N) is 2. The molecule has 2 aromatic rings. The maximum absolute atomic E-state index is 8.80. The predicted octanol–water partition coefficient (Wildman–Crippen LogP) is 2.35. The molecule has 0 unspecified atom stereocenters. The van der Waals surface area contributed by atoms with E-state index in [-0.39, 0.29) is 0 Å².